The van der Waals surface area contributed by atoms with Gasteiger partial charge in [-0.25, -0.2) is 19.3 Å². The van der Waals surface area contributed by atoms with Gasteiger partial charge in [0.15, 0.2) is 5.65 Å². The molecule has 2 atom stereocenters. The van der Waals surface area contributed by atoms with Crippen molar-refractivity contribution in [1.82, 2.24) is 24.1 Å². The number of fused-ring (bicyclic) bond motifs is 2. The Morgan fingerprint density at radius 2 is 1.91 bits per heavy atom. The summed E-state index contributed by atoms with van der Waals surface area (Å²) < 4.78 is 14.7. The molecule has 1 aliphatic rings. The molecular weight excluding hydrogens is 418 g/mol. The normalized spacial score (nSPS) is 18.5. The third-order valence-electron chi connectivity index (χ3n) is 6.38. The van der Waals surface area contributed by atoms with Crippen molar-refractivity contribution in [3.63, 3.8) is 0 Å². The van der Waals surface area contributed by atoms with Gasteiger partial charge in [-0.05, 0) is 30.3 Å². The highest BCUT2D eigenvalue weighted by Crippen LogP contribution is 2.27. The lowest BCUT2D eigenvalue weighted by Crippen LogP contribution is -2.31. The fourth-order valence-corrected chi connectivity index (χ4v) is 4.62. The van der Waals surface area contributed by atoms with Gasteiger partial charge < -0.3 is 14.5 Å². The van der Waals surface area contributed by atoms with Crippen LogP contribution in [0.5, 0.6) is 0 Å². The number of pyridine rings is 2. The molecule has 5 aromatic rings. The van der Waals surface area contributed by atoms with Gasteiger partial charge in [-0.1, -0.05) is 18.2 Å². The second kappa shape index (κ2) is 7.99. The van der Waals surface area contributed by atoms with Crippen molar-refractivity contribution in [2.75, 3.05) is 20.3 Å². The van der Waals surface area contributed by atoms with Crippen molar-refractivity contribution in [2.24, 2.45) is 5.92 Å². The Labute approximate surface area is 189 Å². The molecule has 0 spiro atoms. The zero-order chi connectivity index (χ0) is 22.4. The number of benzene rings is 1. The molecule has 0 radical (unpaired) electrons. The van der Waals surface area contributed by atoms with Gasteiger partial charge in [-0.3, -0.25) is 4.57 Å². The fourth-order valence-electron chi connectivity index (χ4n) is 4.62. The van der Waals surface area contributed by atoms with Crippen LogP contribution in [0.15, 0.2) is 71.9 Å². The van der Waals surface area contributed by atoms with Crippen LogP contribution < -0.4 is 5.69 Å². The first-order valence-electron chi connectivity index (χ1n) is 10.9. The topological polar surface area (TPSA) is 87.0 Å². The number of rotatable bonds is 5. The zero-order valence-electron chi connectivity index (χ0n) is 18.1. The van der Waals surface area contributed by atoms with E-state index in [9.17, 15) is 4.79 Å². The third kappa shape index (κ3) is 3.35. The van der Waals surface area contributed by atoms with Gasteiger partial charge in [-0.2, -0.15) is 0 Å². The number of imidazole rings is 1. The van der Waals surface area contributed by atoms with E-state index in [0.717, 1.165) is 33.4 Å². The highest BCUT2D eigenvalue weighted by molar-refractivity contribution is 5.84. The summed E-state index contributed by atoms with van der Waals surface area (Å²) in [7, 11) is 1.69. The van der Waals surface area contributed by atoms with Gasteiger partial charge in [0.1, 0.15) is 5.65 Å². The maximum atomic E-state index is 13.6. The molecule has 0 amide bonds. The smallest absolute Gasteiger partial charge is 0.334 e. The minimum Gasteiger partial charge on any atom is -0.379 e. The van der Waals surface area contributed by atoms with Crippen LogP contribution in [0, 0.1) is 5.92 Å². The summed E-state index contributed by atoms with van der Waals surface area (Å²) in [6.07, 6.45) is 5.46. The van der Waals surface area contributed by atoms with Crippen molar-refractivity contribution in [3.05, 3.63) is 77.6 Å². The number of ether oxygens (including phenoxy) is 2. The van der Waals surface area contributed by atoms with Crippen molar-refractivity contribution >= 4 is 22.2 Å². The lowest BCUT2D eigenvalue weighted by Gasteiger charge is -2.16. The molecule has 1 fully saturated rings. The first-order valence-corrected chi connectivity index (χ1v) is 10.9. The number of aromatic amines is 1. The maximum absolute atomic E-state index is 13.6. The van der Waals surface area contributed by atoms with Gasteiger partial charge >= 0.3 is 5.69 Å². The number of methoxy groups -OCH3 is 1. The lowest BCUT2D eigenvalue weighted by molar-refractivity contribution is 0.0632. The standard InChI is InChI=1S/C25H23N5O3/c1-32-22-15-33-14-19(22)13-29-21-10-18(17-9-16-7-8-26-23(16)27-11-17)12-28-24(21)30(25(29)31)20-5-3-2-4-6-20/h2-12,19,22H,13-15H2,1H3,(H,26,27). The molecule has 5 heterocycles. The summed E-state index contributed by atoms with van der Waals surface area (Å²) >= 11 is 0. The Kier molecular flexibility index (Phi) is 4.82. The van der Waals surface area contributed by atoms with E-state index in [0.29, 0.717) is 25.4 Å². The van der Waals surface area contributed by atoms with E-state index in [4.69, 9.17) is 14.5 Å². The zero-order valence-corrected chi connectivity index (χ0v) is 18.1. The first-order chi connectivity index (χ1) is 16.2. The van der Waals surface area contributed by atoms with Crippen LogP contribution in [0.25, 0.3) is 39.0 Å². The minimum atomic E-state index is -0.123. The van der Waals surface area contributed by atoms with Crippen LogP contribution in [0.3, 0.4) is 0 Å². The molecule has 0 aliphatic carbocycles. The maximum Gasteiger partial charge on any atom is 0.334 e. The highest BCUT2D eigenvalue weighted by Gasteiger charge is 2.30. The second-order valence-corrected chi connectivity index (χ2v) is 8.34. The largest absolute Gasteiger partial charge is 0.379 e. The van der Waals surface area contributed by atoms with E-state index >= 15 is 0 Å². The van der Waals surface area contributed by atoms with E-state index in [-0.39, 0.29) is 17.7 Å². The van der Waals surface area contributed by atoms with E-state index < -0.39 is 0 Å². The molecule has 8 nitrogen and oxygen atoms in total. The molecule has 1 aliphatic heterocycles. The van der Waals surface area contributed by atoms with Gasteiger partial charge in [-0.15, -0.1) is 0 Å². The highest BCUT2D eigenvalue weighted by atomic mass is 16.5. The number of hydrogen-bond acceptors (Lipinski definition) is 5. The average Bonchev–Trinajstić information content (AvgIpc) is 3.57. The van der Waals surface area contributed by atoms with Crippen LogP contribution in [0.4, 0.5) is 0 Å². The number of para-hydroxylation sites is 1. The van der Waals surface area contributed by atoms with Gasteiger partial charge in [0.2, 0.25) is 0 Å². The third-order valence-corrected chi connectivity index (χ3v) is 6.38. The molecule has 0 saturated carbocycles. The van der Waals surface area contributed by atoms with E-state index in [2.05, 4.69) is 16.0 Å². The quantitative estimate of drug-likeness (QED) is 0.452. The fraction of sp³-hybridized carbons (Fsp3) is 0.240. The van der Waals surface area contributed by atoms with Crippen LogP contribution in [-0.4, -0.2) is 50.5 Å². The molecule has 1 saturated heterocycles. The predicted molar refractivity (Wildman–Crippen MR) is 126 cm³/mol. The second-order valence-electron chi connectivity index (χ2n) is 8.34. The molecule has 2 unspecified atom stereocenters. The molecule has 0 bridgehead atoms. The van der Waals surface area contributed by atoms with Gasteiger partial charge in [0.05, 0.1) is 30.5 Å². The molecule has 8 heteroatoms. The van der Waals surface area contributed by atoms with Crippen LogP contribution in [-0.2, 0) is 16.0 Å². The lowest BCUT2D eigenvalue weighted by atomic mass is 10.1. The predicted octanol–water partition coefficient (Wildman–Crippen LogP) is 3.39. The number of aromatic nitrogens is 5. The molecule has 4 aromatic heterocycles. The summed E-state index contributed by atoms with van der Waals surface area (Å²) in [6.45, 7) is 1.59. The molecule has 1 aromatic carbocycles. The summed E-state index contributed by atoms with van der Waals surface area (Å²) in [6, 6.07) is 15.7. The summed E-state index contributed by atoms with van der Waals surface area (Å²) in [5.74, 6) is 0.0871. The van der Waals surface area contributed by atoms with Crippen LogP contribution in [0.1, 0.15) is 0 Å². The Hall–Kier alpha value is -3.75. The van der Waals surface area contributed by atoms with Crippen molar-refractivity contribution < 1.29 is 9.47 Å². The molecular formula is C25H23N5O3. The Morgan fingerprint density at radius 3 is 2.76 bits per heavy atom. The Balaban J connectivity index is 1.53. The average molecular weight is 441 g/mol. The number of nitrogens with zero attached hydrogens (tertiary/aromatic N) is 4. The number of nitrogens with one attached hydrogen (secondary N) is 1. The monoisotopic (exact) mass is 441 g/mol. The van der Waals surface area contributed by atoms with Crippen LogP contribution in [0.2, 0.25) is 0 Å². The van der Waals surface area contributed by atoms with Gasteiger partial charge in [0.25, 0.3) is 0 Å². The first kappa shape index (κ1) is 19.9. The molecule has 166 valence electrons. The van der Waals surface area contributed by atoms with Crippen molar-refractivity contribution in [3.8, 4) is 16.8 Å². The Morgan fingerprint density at radius 1 is 1.09 bits per heavy atom. The van der Waals surface area contributed by atoms with Crippen LogP contribution >= 0.6 is 0 Å². The number of hydrogen-bond donors (Lipinski definition) is 1. The van der Waals surface area contributed by atoms with Crippen molar-refractivity contribution in [2.45, 2.75) is 12.6 Å². The Bertz CT molecular complexity index is 1500. The van der Waals surface area contributed by atoms with E-state index in [1.54, 1.807) is 22.4 Å². The summed E-state index contributed by atoms with van der Waals surface area (Å²) in [4.78, 5) is 26.0. The molecule has 1 N–H and O–H groups in total. The molecule has 33 heavy (non-hydrogen) atoms. The molecule has 6 rings (SSSR count). The van der Waals surface area contributed by atoms with E-state index in [1.807, 2.05) is 54.9 Å². The van der Waals surface area contributed by atoms with Gasteiger partial charge in [0, 0.05) is 54.7 Å². The SMILES string of the molecule is COC1COCC1Cn1c(=O)n(-c2ccccc2)c2ncc(-c3cnc4[nH]ccc4c3)cc21. The summed E-state index contributed by atoms with van der Waals surface area (Å²) in [5.41, 5.74) is 4.75. The summed E-state index contributed by atoms with van der Waals surface area (Å²) in [5, 5.41) is 1.03. The van der Waals surface area contributed by atoms with Crippen molar-refractivity contribution in [1.29, 1.82) is 0 Å². The van der Waals surface area contributed by atoms with E-state index in [1.165, 1.54) is 0 Å². The number of H-pyrrole nitrogens is 1. The minimum absolute atomic E-state index is 0.0386.